The zero-order chi connectivity index (χ0) is 18.2. The standard InChI is InChI=1S/C15H14N.C6H7.2FH.Zr/c1-11-7-12(2)16(10-11)15-8-13-5-3-4-6-14(13)9-15;1-6-4-2-3-5-6;;;/h3-10H,1-2H3;2,4H,3H2,1H3;2*1H;/q2*-1;;;+4/p-2. The summed E-state index contributed by atoms with van der Waals surface area (Å²) in [6, 6.07) is 15.2. The molecule has 4 heteroatoms. The molecule has 0 aliphatic heterocycles. The van der Waals surface area contributed by atoms with Gasteiger partial charge < -0.3 is 4.57 Å². The van der Waals surface area contributed by atoms with Gasteiger partial charge in [0.15, 0.2) is 0 Å². The molecule has 128 valence electrons. The first-order valence-electron chi connectivity index (χ1n) is 8.07. The number of rotatable bonds is 1. The average molecular weight is 417 g/mol. The Hall–Kier alpha value is -1.67. The summed E-state index contributed by atoms with van der Waals surface area (Å²) in [4.78, 5) is 0. The summed E-state index contributed by atoms with van der Waals surface area (Å²) in [6.07, 6.45) is 10.5. The van der Waals surface area contributed by atoms with Gasteiger partial charge in [-0.3, -0.25) is 6.08 Å². The van der Waals surface area contributed by atoms with Gasteiger partial charge in [-0.2, -0.15) is 6.08 Å². The molecule has 1 nitrogen and oxygen atoms in total. The molecule has 0 bridgehead atoms. The first-order chi connectivity index (χ1) is 12.0. The van der Waals surface area contributed by atoms with Crippen LogP contribution in [0.15, 0.2) is 66.4 Å². The van der Waals surface area contributed by atoms with Crippen molar-refractivity contribution < 1.29 is 29.7 Å². The summed E-state index contributed by atoms with van der Waals surface area (Å²) in [5.74, 6) is 0. The summed E-state index contributed by atoms with van der Waals surface area (Å²) in [6.45, 7) is 6.33. The third kappa shape index (κ3) is 5.68. The Morgan fingerprint density at radius 1 is 1.12 bits per heavy atom. The molecule has 0 radical (unpaired) electrons. The van der Waals surface area contributed by atoms with Crippen molar-refractivity contribution in [3.63, 3.8) is 0 Å². The van der Waals surface area contributed by atoms with Crippen LogP contribution in [0.1, 0.15) is 24.6 Å². The summed E-state index contributed by atoms with van der Waals surface area (Å²) < 4.78 is 21.8. The molecule has 1 aliphatic carbocycles. The number of allylic oxidation sites excluding steroid dienone is 4. The van der Waals surface area contributed by atoms with Crippen LogP contribution in [-0.4, -0.2) is 4.57 Å². The maximum atomic E-state index is 9.80. The van der Waals surface area contributed by atoms with Gasteiger partial charge in [-0.1, -0.05) is 13.0 Å². The van der Waals surface area contributed by atoms with Crippen molar-refractivity contribution in [2.24, 2.45) is 0 Å². The second-order valence-electron chi connectivity index (χ2n) is 5.91. The van der Waals surface area contributed by atoms with E-state index in [1.165, 1.54) is 33.3 Å². The molecule has 0 atom stereocenters. The monoisotopic (exact) mass is 415 g/mol. The summed E-state index contributed by atoms with van der Waals surface area (Å²) in [7, 11) is 0. The fourth-order valence-corrected chi connectivity index (χ4v) is 2.81. The van der Waals surface area contributed by atoms with E-state index in [4.69, 9.17) is 0 Å². The molecule has 0 N–H and O–H groups in total. The molecule has 1 aromatic heterocycles. The van der Waals surface area contributed by atoms with Gasteiger partial charge in [-0.05, 0) is 31.2 Å². The van der Waals surface area contributed by atoms with Crippen molar-refractivity contribution in [2.45, 2.75) is 27.2 Å². The number of nitrogens with zero attached hydrogens (tertiary/aromatic N) is 1. The molecule has 2 aromatic carbocycles. The fraction of sp³-hybridized carbons (Fsp3) is 0.190. The van der Waals surface area contributed by atoms with Crippen molar-refractivity contribution in [1.29, 1.82) is 0 Å². The van der Waals surface area contributed by atoms with Gasteiger partial charge in [0.25, 0.3) is 0 Å². The number of hydrogen-bond donors (Lipinski definition) is 0. The Bertz CT molecular complexity index is 835. The van der Waals surface area contributed by atoms with E-state index >= 15 is 0 Å². The molecular formula is C21H21F2NZr. The van der Waals surface area contributed by atoms with Crippen LogP contribution >= 0.6 is 0 Å². The number of hydrogen-bond acceptors (Lipinski definition) is 0. The second-order valence-corrected chi connectivity index (χ2v) is 6.26. The topological polar surface area (TPSA) is 4.93 Å². The van der Waals surface area contributed by atoms with Gasteiger partial charge >= 0.3 is 29.7 Å². The Labute approximate surface area is 161 Å². The minimum absolute atomic E-state index is 1.02. The molecule has 0 saturated carbocycles. The van der Waals surface area contributed by atoms with E-state index in [0.29, 0.717) is 0 Å². The van der Waals surface area contributed by atoms with Gasteiger partial charge in [0, 0.05) is 11.9 Å². The molecule has 3 aromatic rings. The minimum atomic E-state index is -2.77. The number of aryl methyl sites for hydroxylation is 2. The Kier molecular flexibility index (Phi) is 7.64. The Balaban J connectivity index is 0.000000209. The molecule has 25 heavy (non-hydrogen) atoms. The molecule has 0 fully saturated rings. The van der Waals surface area contributed by atoms with Crippen LogP contribution in [0.5, 0.6) is 0 Å². The normalized spacial score (nSPS) is 12.0. The van der Waals surface area contributed by atoms with E-state index in [1.807, 2.05) is 0 Å². The molecule has 0 saturated heterocycles. The van der Waals surface area contributed by atoms with Crippen molar-refractivity contribution in [3.8, 4) is 5.69 Å². The van der Waals surface area contributed by atoms with Crippen LogP contribution in [-0.2, 0) is 24.5 Å². The van der Waals surface area contributed by atoms with E-state index in [2.05, 4.69) is 92.2 Å². The van der Waals surface area contributed by atoms with E-state index < -0.39 is 24.5 Å². The number of fused-ring (bicyclic) bond motifs is 1. The molecule has 1 heterocycles. The van der Waals surface area contributed by atoms with Gasteiger partial charge in [-0.15, -0.1) is 47.5 Å². The van der Waals surface area contributed by atoms with Crippen molar-refractivity contribution >= 4 is 10.8 Å². The third-order valence-electron chi connectivity index (χ3n) is 3.90. The average Bonchev–Trinajstić information content (AvgIpc) is 3.28. The van der Waals surface area contributed by atoms with Crippen molar-refractivity contribution in [2.75, 3.05) is 0 Å². The van der Waals surface area contributed by atoms with Gasteiger partial charge in [0.05, 0.1) is 0 Å². The summed E-state index contributed by atoms with van der Waals surface area (Å²) >= 11 is -2.77. The fourth-order valence-electron chi connectivity index (χ4n) is 2.81. The molecular weight excluding hydrogens is 395 g/mol. The van der Waals surface area contributed by atoms with Crippen LogP contribution in [0.4, 0.5) is 5.25 Å². The second kappa shape index (κ2) is 9.72. The SMILES string of the molecule is CC1=[C-]CC=C1.Cc1cc(C)n(-c2cc3ccccc3[cH-]2)c1.[F][Zr+2][F]. The van der Waals surface area contributed by atoms with E-state index in [0.717, 1.165) is 6.42 Å². The third-order valence-corrected chi connectivity index (χ3v) is 3.90. The number of benzene rings is 1. The Morgan fingerprint density at radius 2 is 1.84 bits per heavy atom. The van der Waals surface area contributed by atoms with Gasteiger partial charge in [0.1, 0.15) is 0 Å². The van der Waals surface area contributed by atoms with Crippen LogP contribution < -0.4 is 0 Å². The van der Waals surface area contributed by atoms with Crippen molar-refractivity contribution in [1.82, 2.24) is 4.57 Å². The van der Waals surface area contributed by atoms with Gasteiger partial charge in [-0.25, -0.2) is 11.6 Å². The first-order valence-corrected chi connectivity index (χ1v) is 9.92. The first kappa shape index (κ1) is 19.7. The maximum absolute atomic E-state index is 9.80. The zero-order valence-corrected chi connectivity index (χ0v) is 17.1. The molecule has 0 spiro atoms. The molecule has 1 aliphatic rings. The number of halogens is 2. The quantitative estimate of drug-likeness (QED) is 0.399. The van der Waals surface area contributed by atoms with Crippen LogP contribution in [0.25, 0.3) is 16.5 Å². The van der Waals surface area contributed by atoms with Gasteiger partial charge in [0.2, 0.25) is 0 Å². The predicted octanol–water partition coefficient (Wildman–Crippen LogP) is 6.50. The molecule has 0 unspecified atom stereocenters. The summed E-state index contributed by atoms with van der Waals surface area (Å²) in [5, 5.41) is 2.62. The van der Waals surface area contributed by atoms with Crippen LogP contribution in [0, 0.1) is 19.9 Å². The summed E-state index contributed by atoms with van der Waals surface area (Å²) in [5.41, 5.74) is 5.12. The molecule has 4 rings (SSSR count). The number of aromatic nitrogens is 1. The van der Waals surface area contributed by atoms with Crippen molar-refractivity contribution in [3.05, 3.63) is 83.7 Å². The Morgan fingerprint density at radius 3 is 2.32 bits per heavy atom. The van der Waals surface area contributed by atoms with Crippen LogP contribution in [0.3, 0.4) is 0 Å². The van der Waals surface area contributed by atoms with E-state index in [-0.39, 0.29) is 0 Å². The van der Waals surface area contributed by atoms with E-state index in [1.54, 1.807) is 0 Å². The van der Waals surface area contributed by atoms with E-state index in [9.17, 15) is 5.25 Å². The molecule has 0 amide bonds. The van der Waals surface area contributed by atoms with Crippen LogP contribution in [0.2, 0.25) is 0 Å². The zero-order valence-electron chi connectivity index (χ0n) is 14.7. The predicted molar refractivity (Wildman–Crippen MR) is 96.7 cm³/mol.